The number of non-ortho nitro benzene ring substituents is 1. The molecule has 0 saturated heterocycles. The first-order valence-corrected chi connectivity index (χ1v) is 7.10. The molecule has 0 amide bonds. The average molecular weight is 291 g/mol. The maximum atomic E-state index is 11.0. The molecular formula is C14H17N3O4. The van der Waals surface area contributed by atoms with E-state index in [0.717, 1.165) is 25.7 Å². The Hall–Kier alpha value is -2.15. The van der Waals surface area contributed by atoms with Crippen LogP contribution in [0.2, 0.25) is 0 Å². The summed E-state index contributed by atoms with van der Waals surface area (Å²) in [6.45, 7) is 0.123. The van der Waals surface area contributed by atoms with E-state index in [1.807, 2.05) is 0 Å². The Morgan fingerprint density at radius 3 is 3.00 bits per heavy atom. The number of nitro benzene ring substituents is 1. The summed E-state index contributed by atoms with van der Waals surface area (Å²) < 4.78 is 5.55. The molecular weight excluding hydrogens is 274 g/mol. The number of nitrogens with one attached hydrogen (secondary N) is 1. The highest BCUT2D eigenvalue weighted by molar-refractivity contribution is 5.84. The average Bonchev–Trinajstić information content (AvgIpc) is 2.89. The van der Waals surface area contributed by atoms with E-state index in [1.165, 1.54) is 6.07 Å². The van der Waals surface area contributed by atoms with Gasteiger partial charge in [0.2, 0.25) is 0 Å². The summed E-state index contributed by atoms with van der Waals surface area (Å²) in [6.07, 6.45) is 4.11. The number of hydrogen-bond donors (Lipinski definition) is 2. The van der Waals surface area contributed by atoms with Crippen molar-refractivity contribution >= 4 is 22.8 Å². The van der Waals surface area contributed by atoms with E-state index in [2.05, 4.69) is 10.3 Å². The van der Waals surface area contributed by atoms with Crippen LogP contribution in [0.1, 0.15) is 25.7 Å². The minimum Gasteiger partial charge on any atom is -0.423 e. The second kappa shape index (κ2) is 5.69. The molecule has 0 bridgehead atoms. The minimum atomic E-state index is -0.466. The smallest absolute Gasteiger partial charge is 0.298 e. The van der Waals surface area contributed by atoms with Gasteiger partial charge in [0.25, 0.3) is 11.7 Å². The molecule has 2 atom stereocenters. The van der Waals surface area contributed by atoms with E-state index in [4.69, 9.17) is 4.42 Å². The molecule has 1 aromatic carbocycles. The van der Waals surface area contributed by atoms with Crippen LogP contribution in [0, 0.1) is 16.0 Å². The highest BCUT2D eigenvalue weighted by Crippen LogP contribution is 2.30. The first-order chi connectivity index (χ1) is 10.2. The van der Waals surface area contributed by atoms with Crippen molar-refractivity contribution in [3.05, 3.63) is 28.3 Å². The second-order valence-electron chi connectivity index (χ2n) is 5.38. The fraction of sp³-hybridized carbons (Fsp3) is 0.500. The maximum Gasteiger partial charge on any atom is 0.298 e. The highest BCUT2D eigenvalue weighted by atomic mass is 16.6. The van der Waals surface area contributed by atoms with Crippen LogP contribution < -0.4 is 5.32 Å². The number of nitro groups is 1. The normalized spacial score (nSPS) is 22.3. The number of fused-ring (bicyclic) bond motifs is 1. The summed E-state index contributed by atoms with van der Waals surface area (Å²) in [7, 11) is 0. The number of anilines is 1. The van der Waals surface area contributed by atoms with Crippen molar-refractivity contribution in [2.24, 2.45) is 5.92 Å². The Kier molecular flexibility index (Phi) is 3.74. The zero-order valence-electron chi connectivity index (χ0n) is 11.5. The standard InChI is InChI=1S/C14H17N3O4/c18-8-9-4-1-2-5-10(9)15-14-16-13-11(17(19)20)6-3-7-12(13)21-14/h3,6-7,9-10,18H,1-2,4-5,8H2,(H,15,16). The summed E-state index contributed by atoms with van der Waals surface area (Å²) in [6, 6.07) is 5.02. The van der Waals surface area contributed by atoms with Crippen molar-refractivity contribution in [1.82, 2.24) is 4.98 Å². The van der Waals surface area contributed by atoms with Gasteiger partial charge in [-0.15, -0.1) is 0 Å². The molecule has 2 N–H and O–H groups in total. The van der Waals surface area contributed by atoms with Crippen molar-refractivity contribution < 1.29 is 14.4 Å². The second-order valence-corrected chi connectivity index (χ2v) is 5.38. The lowest BCUT2D eigenvalue weighted by molar-refractivity contribution is -0.383. The molecule has 2 unspecified atom stereocenters. The summed E-state index contributed by atoms with van der Waals surface area (Å²) in [5, 5.41) is 23.6. The van der Waals surface area contributed by atoms with Gasteiger partial charge in [0.05, 0.1) is 4.92 Å². The summed E-state index contributed by atoms with van der Waals surface area (Å²) in [5.74, 6) is 0.170. The van der Waals surface area contributed by atoms with Crippen molar-refractivity contribution in [2.75, 3.05) is 11.9 Å². The molecule has 0 spiro atoms. The third-order valence-corrected chi connectivity index (χ3v) is 4.05. The SMILES string of the molecule is O=[N+]([O-])c1cccc2oc(NC3CCCCC3CO)nc12. The molecule has 21 heavy (non-hydrogen) atoms. The maximum absolute atomic E-state index is 11.0. The van der Waals surface area contributed by atoms with Crippen LogP contribution in [-0.4, -0.2) is 27.7 Å². The van der Waals surface area contributed by atoms with Crippen LogP contribution >= 0.6 is 0 Å². The number of rotatable bonds is 4. The first-order valence-electron chi connectivity index (χ1n) is 7.10. The van der Waals surface area contributed by atoms with Crippen LogP contribution in [-0.2, 0) is 0 Å². The van der Waals surface area contributed by atoms with Gasteiger partial charge in [-0.1, -0.05) is 18.9 Å². The Balaban J connectivity index is 1.87. The molecule has 7 heteroatoms. The predicted molar refractivity (Wildman–Crippen MR) is 77.1 cm³/mol. The summed E-state index contributed by atoms with van der Waals surface area (Å²) >= 11 is 0. The van der Waals surface area contributed by atoms with Gasteiger partial charge in [-0.2, -0.15) is 4.98 Å². The lowest BCUT2D eigenvalue weighted by Gasteiger charge is -2.30. The van der Waals surface area contributed by atoms with E-state index in [9.17, 15) is 15.2 Å². The highest BCUT2D eigenvalue weighted by Gasteiger charge is 2.26. The van der Waals surface area contributed by atoms with Crippen molar-refractivity contribution in [1.29, 1.82) is 0 Å². The fourth-order valence-corrected chi connectivity index (χ4v) is 2.92. The number of aromatic nitrogens is 1. The fourth-order valence-electron chi connectivity index (χ4n) is 2.92. The first kappa shape index (κ1) is 13.8. The Morgan fingerprint density at radius 2 is 2.24 bits per heavy atom. The van der Waals surface area contributed by atoms with E-state index >= 15 is 0 Å². The number of hydrogen-bond acceptors (Lipinski definition) is 6. The number of aliphatic hydroxyl groups excluding tert-OH is 1. The zero-order valence-corrected chi connectivity index (χ0v) is 11.5. The lowest BCUT2D eigenvalue weighted by Crippen LogP contribution is -2.34. The monoisotopic (exact) mass is 291 g/mol. The third-order valence-electron chi connectivity index (χ3n) is 4.05. The summed E-state index contributed by atoms with van der Waals surface area (Å²) in [4.78, 5) is 14.7. The number of oxazole rings is 1. The van der Waals surface area contributed by atoms with E-state index < -0.39 is 4.92 Å². The lowest BCUT2D eigenvalue weighted by atomic mass is 9.85. The van der Waals surface area contributed by atoms with Crippen LogP contribution in [0.3, 0.4) is 0 Å². The molecule has 1 saturated carbocycles. The largest absolute Gasteiger partial charge is 0.423 e. The number of para-hydroxylation sites is 1. The van der Waals surface area contributed by atoms with Gasteiger partial charge in [0.15, 0.2) is 11.1 Å². The van der Waals surface area contributed by atoms with Gasteiger partial charge in [-0.3, -0.25) is 10.1 Å². The van der Waals surface area contributed by atoms with Gasteiger partial charge in [-0.25, -0.2) is 0 Å². The Morgan fingerprint density at radius 1 is 1.43 bits per heavy atom. The van der Waals surface area contributed by atoms with E-state index in [1.54, 1.807) is 12.1 Å². The van der Waals surface area contributed by atoms with Crippen LogP contribution in [0.15, 0.2) is 22.6 Å². The predicted octanol–water partition coefficient (Wildman–Crippen LogP) is 2.70. The molecule has 0 radical (unpaired) electrons. The minimum absolute atomic E-state index is 0.0633. The van der Waals surface area contributed by atoms with E-state index in [-0.39, 0.29) is 35.8 Å². The van der Waals surface area contributed by atoms with Gasteiger partial charge in [-0.05, 0) is 18.9 Å². The molecule has 1 heterocycles. The Bertz CT molecular complexity index is 655. The molecule has 3 rings (SSSR count). The van der Waals surface area contributed by atoms with Gasteiger partial charge in [0, 0.05) is 24.6 Å². The molecule has 1 fully saturated rings. The number of nitrogens with zero attached hydrogens (tertiary/aromatic N) is 2. The molecule has 0 aliphatic heterocycles. The molecule has 1 aromatic heterocycles. The quantitative estimate of drug-likeness (QED) is 0.663. The van der Waals surface area contributed by atoms with Crippen LogP contribution in [0.4, 0.5) is 11.7 Å². The summed E-state index contributed by atoms with van der Waals surface area (Å²) in [5.41, 5.74) is 0.580. The van der Waals surface area contributed by atoms with E-state index in [0.29, 0.717) is 5.58 Å². The van der Waals surface area contributed by atoms with Crippen molar-refractivity contribution in [3.8, 4) is 0 Å². The molecule has 1 aliphatic rings. The van der Waals surface area contributed by atoms with Gasteiger partial charge < -0.3 is 14.8 Å². The molecule has 1 aliphatic carbocycles. The topological polar surface area (TPSA) is 101 Å². The number of aliphatic hydroxyl groups is 1. The zero-order chi connectivity index (χ0) is 14.8. The van der Waals surface area contributed by atoms with Gasteiger partial charge >= 0.3 is 0 Å². The van der Waals surface area contributed by atoms with Crippen molar-refractivity contribution in [3.63, 3.8) is 0 Å². The molecule has 7 nitrogen and oxygen atoms in total. The Labute approximate surface area is 121 Å². The van der Waals surface area contributed by atoms with Crippen LogP contribution in [0.5, 0.6) is 0 Å². The molecule has 2 aromatic rings. The van der Waals surface area contributed by atoms with Crippen LogP contribution in [0.25, 0.3) is 11.1 Å². The van der Waals surface area contributed by atoms with Crippen molar-refractivity contribution in [2.45, 2.75) is 31.7 Å². The molecule has 112 valence electrons. The van der Waals surface area contributed by atoms with Gasteiger partial charge in [0.1, 0.15) is 0 Å². The number of benzene rings is 1. The third kappa shape index (κ3) is 2.69.